The zero-order valence-corrected chi connectivity index (χ0v) is 19.9. The van der Waals surface area contributed by atoms with Crippen LogP contribution < -0.4 is 15.4 Å². The number of hydrogen-bond acceptors (Lipinski definition) is 10. The van der Waals surface area contributed by atoms with Gasteiger partial charge in [0.2, 0.25) is 5.88 Å². The Morgan fingerprint density at radius 3 is 2.67 bits per heavy atom. The number of rotatable bonds is 5. The highest BCUT2D eigenvalue weighted by atomic mass is 16.5. The van der Waals surface area contributed by atoms with Crippen molar-refractivity contribution in [3.63, 3.8) is 0 Å². The molecule has 3 aromatic heterocycles. The molecule has 0 bridgehead atoms. The fourth-order valence-corrected chi connectivity index (χ4v) is 3.87. The highest BCUT2D eigenvalue weighted by Crippen LogP contribution is 2.30. The van der Waals surface area contributed by atoms with Crippen molar-refractivity contribution in [3.8, 4) is 11.6 Å². The van der Waals surface area contributed by atoms with Crippen LogP contribution >= 0.6 is 0 Å². The van der Waals surface area contributed by atoms with Gasteiger partial charge in [0.25, 0.3) is 6.02 Å². The maximum Gasteiger partial charge on any atom is 0.289 e. The summed E-state index contributed by atoms with van der Waals surface area (Å²) in [6.07, 6.45) is 4.75. The second-order valence-corrected chi connectivity index (χ2v) is 9.09. The van der Waals surface area contributed by atoms with Gasteiger partial charge in [0, 0.05) is 22.8 Å². The molecule has 0 radical (unpaired) electrons. The molecular weight excluding hydrogens is 458 g/mol. The molecule has 11 heteroatoms. The molecule has 1 aliphatic heterocycles. The van der Waals surface area contributed by atoms with E-state index < -0.39 is 0 Å². The molecule has 2 N–H and O–H groups in total. The zero-order chi connectivity index (χ0) is 24.7. The van der Waals surface area contributed by atoms with Crippen LogP contribution in [0.15, 0.2) is 66.4 Å². The van der Waals surface area contributed by atoms with Crippen molar-refractivity contribution in [3.05, 3.63) is 67.0 Å². The molecule has 0 aliphatic carbocycles. The van der Waals surface area contributed by atoms with Crippen LogP contribution in [-0.4, -0.2) is 47.7 Å². The summed E-state index contributed by atoms with van der Waals surface area (Å²) in [4.78, 5) is 17.6. The third-order valence-corrected chi connectivity index (χ3v) is 5.68. The number of hydrogen-bond donors (Lipinski definition) is 2. The van der Waals surface area contributed by atoms with Crippen LogP contribution in [0.4, 0.5) is 17.2 Å². The van der Waals surface area contributed by atoms with Gasteiger partial charge in [-0.25, -0.2) is 19.9 Å². The highest BCUT2D eigenvalue weighted by molar-refractivity contribution is 5.97. The first-order chi connectivity index (χ1) is 17.4. The Balaban J connectivity index is 1.23. The molecule has 1 aliphatic rings. The van der Waals surface area contributed by atoms with Crippen LogP contribution in [-0.2, 0) is 4.74 Å². The van der Waals surface area contributed by atoms with E-state index >= 15 is 0 Å². The third kappa shape index (κ3) is 4.33. The topological polar surface area (TPSA) is 124 Å². The second-order valence-electron chi connectivity index (χ2n) is 9.09. The Labute approximate surface area is 206 Å². The standard InChI is InChI=1S/C25H23N9O2/c1-15-8-16(5-7-20(15)35-22-10-21-33-30-14-34(21)13-29-22)31-23-18-9-17(4-6-19(18)27-12-28-23)32-24-26-11-25(2,3)36-24/h4-10,12-14H,11H2,1-3H3,(H,26,32)(H,27,28,31). The van der Waals surface area contributed by atoms with E-state index in [1.165, 1.54) is 0 Å². The third-order valence-electron chi connectivity index (χ3n) is 5.68. The van der Waals surface area contributed by atoms with Gasteiger partial charge in [-0.3, -0.25) is 4.40 Å². The Kier molecular flexibility index (Phi) is 5.10. The molecule has 0 saturated heterocycles. The molecule has 0 unspecified atom stereocenters. The molecular formula is C25H23N9O2. The van der Waals surface area contributed by atoms with E-state index in [-0.39, 0.29) is 5.60 Å². The van der Waals surface area contributed by atoms with E-state index in [9.17, 15) is 0 Å². The van der Waals surface area contributed by atoms with Crippen molar-refractivity contribution in [1.29, 1.82) is 0 Å². The number of aryl methyl sites for hydroxylation is 1. The molecule has 5 aromatic rings. The lowest BCUT2D eigenvalue weighted by molar-refractivity contribution is 0.130. The molecule has 2 aromatic carbocycles. The van der Waals surface area contributed by atoms with Crippen LogP contribution in [0.25, 0.3) is 16.6 Å². The Morgan fingerprint density at radius 2 is 1.83 bits per heavy atom. The van der Waals surface area contributed by atoms with Crippen molar-refractivity contribution in [2.45, 2.75) is 26.4 Å². The lowest BCUT2D eigenvalue weighted by atomic mass is 10.1. The summed E-state index contributed by atoms with van der Waals surface area (Å²) in [5.74, 6) is 1.82. The SMILES string of the molecule is Cc1cc(Nc2ncnc3ccc(NC4=NCC(C)(C)O4)cc23)ccc1Oc1cc2nncn2cn1. The second kappa shape index (κ2) is 8.45. The highest BCUT2D eigenvalue weighted by Gasteiger charge is 2.27. The largest absolute Gasteiger partial charge is 0.457 e. The van der Waals surface area contributed by atoms with Gasteiger partial charge >= 0.3 is 0 Å². The van der Waals surface area contributed by atoms with E-state index in [4.69, 9.17) is 9.47 Å². The quantitative estimate of drug-likeness (QED) is 0.374. The fourth-order valence-electron chi connectivity index (χ4n) is 3.87. The minimum atomic E-state index is -0.304. The average molecular weight is 482 g/mol. The summed E-state index contributed by atoms with van der Waals surface area (Å²) in [6.45, 7) is 6.60. The summed E-state index contributed by atoms with van der Waals surface area (Å²) in [7, 11) is 0. The number of benzene rings is 2. The lowest BCUT2D eigenvalue weighted by Crippen LogP contribution is -2.26. The Bertz CT molecular complexity index is 1630. The Morgan fingerprint density at radius 1 is 0.972 bits per heavy atom. The van der Waals surface area contributed by atoms with Crippen molar-refractivity contribution < 1.29 is 9.47 Å². The monoisotopic (exact) mass is 481 g/mol. The fraction of sp³-hybridized carbons (Fsp3) is 0.200. The smallest absolute Gasteiger partial charge is 0.289 e. The number of aliphatic imine (C=N–C) groups is 1. The van der Waals surface area contributed by atoms with E-state index in [0.29, 0.717) is 35.7 Å². The molecule has 0 fully saturated rings. The number of anilines is 3. The first-order valence-corrected chi connectivity index (χ1v) is 11.4. The van der Waals surface area contributed by atoms with Gasteiger partial charge in [0.05, 0.1) is 12.1 Å². The van der Waals surface area contributed by atoms with Gasteiger partial charge in [-0.05, 0) is 62.7 Å². The van der Waals surface area contributed by atoms with Gasteiger partial charge < -0.3 is 20.1 Å². The summed E-state index contributed by atoms with van der Waals surface area (Å²) in [6, 6.07) is 13.9. The van der Waals surface area contributed by atoms with E-state index in [1.54, 1.807) is 29.4 Å². The molecule has 0 spiro atoms. The predicted octanol–water partition coefficient (Wildman–Crippen LogP) is 4.49. The van der Waals surface area contributed by atoms with Crippen molar-refractivity contribution >= 4 is 39.8 Å². The first-order valence-electron chi connectivity index (χ1n) is 11.4. The van der Waals surface area contributed by atoms with Gasteiger partial charge in [-0.1, -0.05) is 0 Å². The maximum atomic E-state index is 5.98. The van der Waals surface area contributed by atoms with Crippen molar-refractivity contribution in [2.75, 3.05) is 17.2 Å². The molecule has 11 nitrogen and oxygen atoms in total. The van der Waals surface area contributed by atoms with E-state index in [1.807, 2.05) is 57.2 Å². The lowest BCUT2D eigenvalue weighted by Gasteiger charge is -2.17. The minimum absolute atomic E-state index is 0.304. The van der Waals surface area contributed by atoms with Gasteiger partial charge in [-0.2, -0.15) is 0 Å². The summed E-state index contributed by atoms with van der Waals surface area (Å²) in [5, 5.41) is 15.4. The average Bonchev–Trinajstić information content (AvgIpc) is 3.46. The molecule has 0 atom stereocenters. The molecule has 4 heterocycles. The molecule has 6 rings (SSSR count). The van der Waals surface area contributed by atoms with E-state index in [0.717, 1.165) is 27.8 Å². The van der Waals surface area contributed by atoms with Gasteiger partial charge in [0.1, 0.15) is 36.2 Å². The number of aromatic nitrogens is 6. The summed E-state index contributed by atoms with van der Waals surface area (Å²) in [5.41, 5.74) is 3.82. The predicted molar refractivity (Wildman–Crippen MR) is 136 cm³/mol. The number of ether oxygens (including phenoxy) is 2. The minimum Gasteiger partial charge on any atom is -0.457 e. The summed E-state index contributed by atoms with van der Waals surface area (Å²) < 4.78 is 13.5. The van der Waals surface area contributed by atoms with Crippen LogP contribution in [0.5, 0.6) is 11.6 Å². The molecule has 36 heavy (non-hydrogen) atoms. The first kappa shape index (κ1) is 21.7. The van der Waals surface area contributed by atoms with Crippen LogP contribution in [0.1, 0.15) is 19.4 Å². The summed E-state index contributed by atoms with van der Waals surface area (Å²) >= 11 is 0. The molecule has 0 saturated carbocycles. The van der Waals surface area contributed by atoms with Crippen molar-refractivity contribution in [1.82, 2.24) is 29.5 Å². The van der Waals surface area contributed by atoms with Gasteiger partial charge in [-0.15, -0.1) is 10.2 Å². The van der Waals surface area contributed by atoms with Crippen LogP contribution in [0.2, 0.25) is 0 Å². The zero-order valence-electron chi connectivity index (χ0n) is 19.9. The van der Waals surface area contributed by atoms with Crippen molar-refractivity contribution in [2.24, 2.45) is 4.99 Å². The van der Waals surface area contributed by atoms with Crippen LogP contribution in [0, 0.1) is 6.92 Å². The number of nitrogens with zero attached hydrogens (tertiary/aromatic N) is 7. The Hall–Kier alpha value is -4.80. The van der Waals surface area contributed by atoms with E-state index in [2.05, 4.69) is 40.8 Å². The number of nitrogens with one attached hydrogen (secondary N) is 2. The maximum absolute atomic E-state index is 5.98. The molecule has 180 valence electrons. The number of amidine groups is 1. The normalized spacial score (nSPS) is 14.5. The molecule has 0 amide bonds. The van der Waals surface area contributed by atoms with Crippen LogP contribution in [0.3, 0.4) is 0 Å². The number of fused-ring (bicyclic) bond motifs is 2. The van der Waals surface area contributed by atoms with Gasteiger partial charge in [0.15, 0.2) is 5.65 Å².